The van der Waals surface area contributed by atoms with Crippen molar-refractivity contribution in [3.05, 3.63) is 55.1 Å². The number of aromatic amines is 1. The number of anilines is 1. The number of hydrogen-bond acceptors (Lipinski definition) is 5. The molecule has 28 heavy (non-hydrogen) atoms. The van der Waals surface area contributed by atoms with Crippen molar-refractivity contribution >= 4 is 11.3 Å². The Morgan fingerprint density at radius 1 is 1.11 bits per heavy atom. The lowest BCUT2D eigenvalue weighted by atomic mass is 9.93. The van der Waals surface area contributed by atoms with E-state index in [2.05, 4.69) is 42.1 Å². The van der Waals surface area contributed by atoms with Gasteiger partial charge in [-0.1, -0.05) is 0 Å². The van der Waals surface area contributed by atoms with Gasteiger partial charge in [-0.2, -0.15) is 5.10 Å². The number of hydrogen-bond donors (Lipinski definition) is 3. The maximum absolute atomic E-state index is 9.93. The number of imidazole rings is 1. The number of rotatable bonds is 4. The third-order valence-electron chi connectivity index (χ3n) is 5.36. The normalized spacial score (nSPS) is 19.8. The smallest absolute Gasteiger partial charge is 0.137 e. The number of aromatic nitrogens is 5. The first-order valence-electron chi connectivity index (χ1n) is 9.64. The van der Waals surface area contributed by atoms with E-state index < -0.39 is 0 Å². The summed E-state index contributed by atoms with van der Waals surface area (Å²) >= 11 is 0. The molecule has 7 heteroatoms. The van der Waals surface area contributed by atoms with Crippen LogP contribution in [0.25, 0.3) is 28.3 Å². The molecule has 4 aromatic rings. The van der Waals surface area contributed by atoms with Crippen molar-refractivity contribution in [1.29, 1.82) is 0 Å². The molecule has 0 aliphatic heterocycles. The summed E-state index contributed by atoms with van der Waals surface area (Å²) in [4.78, 5) is 8.98. The lowest BCUT2D eigenvalue weighted by molar-refractivity contribution is 0.124. The summed E-state index contributed by atoms with van der Waals surface area (Å²) in [6.45, 7) is 0. The second kappa shape index (κ2) is 7.09. The summed E-state index contributed by atoms with van der Waals surface area (Å²) in [6, 6.07) is 10.3. The largest absolute Gasteiger partial charge is 0.393 e. The zero-order chi connectivity index (χ0) is 18.9. The molecule has 0 bridgehead atoms. The van der Waals surface area contributed by atoms with Crippen LogP contribution in [0.3, 0.4) is 0 Å². The van der Waals surface area contributed by atoms with Crippen LogP contribution in [0.1, 0.15) is 25.7 Å². The number of aliphatic hydroxyl groups excluding tert-OH is 1. The zero-order valence-corrected chi connectivity index (χ0v) is 15.4. The SMILES string of the molecule is OC1CCCC(Nc2ccc3ncc(-c4ccnc(-c5ccn[nH]5)c4)n3c2)C1. The second-order valence-electron chi connectivity index (χ2n) is 7.35. The van der Waals surface area contributed by atoms with Gasteiger partial charge >= 0.3 is 0 Å². The molecular weight excluding hydrogens is 352 g/mol. The molecule has 0 radical (unpaired) electrons. The van der Waals surface area contributed by atoms with Crippen molar-refractivity contribution in [3.8, 4) is 22.6 Å². The molecule has 4 aromatic heterocycles. The van der Waals surface area contributed by atoms with Gasteiger partial charge in [0.1, 0.15) is 5.65 Å². The molecule has 142 valence electrons. The monoisotopic (exact) mass is 374 g/mol. The van der Waals surface area contributed by atoms with E-state index in [4.69, 9.17) is 0 Å². The molecule has 4 heterocycles. The van der Waals surface area contributed by atoms with Crippen LogP contribution in [0.5, 0.6) is 0 Å². The molecule has 0 spiro atoms. The van der Waals surface area contributed by atoms with Crippen molar-refractivity contribution in [2.75, 3.05) is 5.32 Å². The fraction of sp³-hybridized carbons (Fsp3) is 0.286. The Balaban J connectivity index is 1.48. The van der Waals surface area contributed by atoms with Crippen LogP contribution in [-0.2, 0) is 0 Å². The Labute approximate surface area is 162 Å². The number of H-pyrrole nitrogens is 1. The molecule has 5 rings (SSSR count). The minimum atomic E-state index is -0.198. The van der Waals surface area contributed by atoms with E-state index >= 15 is 0 Å². The summed E-state index contributed by atoms with van der Waals surface area (Å²) in [6.07, 6.45) is 11.1. The van der Waals surface area contributed by atoms with Crippen LogP contribution in [0.4, 0.5) is 5.69 Å². The van der Waals surface area contributed by atoms with Crippen LogP contribution in [0.2, 0.25) is 0 Å². The van der Waals surface area contributed by atoms with Crippen molar-refractivity contribution < 1.29 is 5.11 Å². The average Bonchev–Trinajstić information content (AvgIpc) is 3.38. The standard InChI is InChI=1S/C21H22N6O/c28-17-3-1-2-15(11-17)25-16-4-5-21-23-12-20(27(21)13-16)14-6-8-22-19(10-14)18-7-9-24-26-18/h4-10,12-13,15,17,25,28H,1-3,11H2,(H,24,26). The lowest BCUT2D eigenvalue weighted by Crippen LogP contribution is -2.29. The van der Waals surface area contributed by atoms with Gasteiger partial charge in [0, 0.05) is 30.2 Å². The first kappa shape index (κ1) is 16.9. The van der Waals surface area contributed by atoms with Crippen LogP contribution in [0.15, 0.2) is 55.1 Å². The summed E-state index contributed by atoms with van der Waals surface area (Å²) in [5, 5.41) is 20.5. The van der Waals surface area contributed by atoms with Gasteiger partial charge in [0.2, 0.25) is 0 Å². The van der Waals surface area contributed by atoms with Crippen LogP contribution in [-0.4, -0.2) is 41.8 Å². The van der Waals surface area contributed by atoms with Gasteiger partial charge in [0.25, 0.3) is 0 Å². The van der Waals surface area contributed by atoms with Crippen molar-refractivity contribution in [2.24, 2.45) is 0 Å². The molecule has 2 atom stereocenters. The molecule has 1 aliphatic rings. The molecular formula is C21H22N6O. The van der Waals surface area contributed by atoms with E-state index in [1.807, 2.05) is 30.5 Å². The van der Waals surface area contributed by atoms with Gasteiger partial charge in [0.05, 0.1) is 35.1 Å². The van der Waals surface area contributed by atoms with Gasteiger partial charge in [-0.05, 0) is 56.0 Å². The lowest BCUT2D eigenvalue weighted by Gasteiger charge is -2.27. The predicted molar refractivity (Wildman–Crippen MR) is 108 cm³/mol. The number of aliphatic hydroxyl groups is 1. The highest BCUT2D eigenvalue weighted by molar-refractivity contribution is 5.69. The number of pyridine rings is 2. The average molecular weight is 374 g/mol. The minimum Gasteiger partial charge on any atom is -0.393 e. The molecule has 1 saturated carbocycles. The molecule has 0 aromatic carbocycles. The maximum Gasteiger partial charge on any atom is 0.137 e. The van der Waals surface area contributed by atoms with Gasteiger partial charge < -0.3 is 10.4 Å². The molecule has 7 nitrogen and oxygen atoms in total. The first-order chi connectivity index (χ1) is 13.8. The third kappa shape index (κ3) is 3.25. The molecule has 0 amide bonds. The van der Waals surface area contributed by atoms with Gasteiger partial charge in [0.15, 0.2) is 0 Å². The van der Waals surface area contributed by atoms with Crippen LogP contribution in [0, 0.1) is 0 Å². The Morgan fingerprint density at radius 2 is 2.07 bits per heavy atom. The minimum absolute atomic E-state index is 0.198. The maximum atomic E-state index is 9.93. The highest BCUT2D eigenvalue weighted by atomic mass is 16.3. The highest BCUT2D eigenvalue weighted by Gasteiger charge is 2.20. The van der Waals surface area contributed by atoms with Crippen molar-refractivity contribution in [2.45, 2.75) is 37.8 Å². The number of fused-ring (bicyclic) bond motifs is 1. The number of nitrogens with zero attached hydrogens (tertiary/aromatic N) is 4. The molecule has 0 saturated heterocycles. The van der Waals surface area contributed by atoms with Crippen molar-refractivity contribution in [1.82, 2.24) is 24.6 Å². The third-order valence-corrected chi connectivity index (χ3v) is 5.36. The summed E-state index contributed by atoms with van der Waals surface area (Å²) in [5.74, 6) is 0. The highest BCUT2D eigenvalue weighted by Crippen LogP contribution is 2.27. The van der Waals surface area contributed by atoms with E-state index in [0.717, 1.165) is 59.7 Å². The predicted octanol–water partition coefficient (Wildman–Crippen LogP) is 3.50. The molecule has 1 aliphatic carbocycles. The molecule has 1 fully saturated rings. The van der Waals surface area contributed by atoms with Gasteiger partial charge in [-0.25, -0.2) is 4.98 Å². The Morgan fingerprint density at radius 3 is 2.93 bits per heavy atom. The summed E-state index contributed by atoms with van der Waals surface area (Å²) < 4.78 is 2.09. The van der Waals surface area contributed by atoms with Gasteiger partial charge in [-0.3, -0.25) is 14.5 Å². The fourth-order valence-electron chi connectivity index (χ4n) is 3.95. The van der Waals surface area contributed by atoms with E-state index in [0.29, 0.717) is 6.04 Å². The van der Waals surface area contributed by atoms with Crippen LogP contribution < -0.4 is 5.32 Å². The van der Waals surface area contributed by atoms with Crippen molar-refractivity contribution in [3.63, 3.8) is 0 Å². The number of nitrogens with one attached hydrogen (secondary N) is 2. The summed E-state index contributed by atoms with van der Waals surface area (Å²) in [5.41, 5.74) is 5.70. The van der Waals surface area contributed by atoms with Gasteiger partial charge in [-0.15, -0.1) is 0 Å². The quantitative estimate of drug-likeness (QED) is 0.509. The summed E-state index contributed by atoms with van der Waals surface area (Å²) in [7, 11) is 0. The Bertz CT molecular complexity index is 1090. The fourth-order valence-corrected chi connectivity index (χ4v) is 3.95. The van der Waals surface area contributed by atoms with Crippen LogP contribution >= 0.6 is 0 Å². The topological polar surface area (TPSA) is 91.1 Å². The van der Waals surface area contributed by atoms with E-state index in [1.54, 1.807) is 12.4 Å². The molecule has 2 unspecified atom stereocenters. The first-order valence-corrected chi connectivity index (χ1v) is 9.64. The zero-order valence-electron chi connectivity index (χ0n) is 15.4. The molecule has 3 N–H and O–H groups in total. The van der Waals surface area contributed by atoms with E-state index in [9.17, 15) is 5.11 Å². The van der Waals surface area contributed by atoms with E-state index in [-0.39, 0.29) is 6.10 Å². The Kier molecular flexibility index (Phi) is 4.29. The second-order valence-corrected chi connectivity index (χ2v) is 7.35. The van der Waals surface area contributed by atoms with E-state index in [1.165, 1.54) is 0 Å². The Hall–Kier alpha value is -3.19.